The van der Waals surface area contributed by atoms with E-state index < -0.39 is 0 Å². The lowest BCUT2D eigenvalue weighted by Gasteiger charge is -2.36. The summed E-state index contributed by atoms with van der Waals surface area (Å²) in [6.07, 6.45) is 0. The van der Waals surface area contributed by atoms with E-state index in [4.69, 9.17) is 9.47 Å². The van der Waals surface area contributed by atoms with Crippen molar-refractivity contribution in [3.63, 3.8) is 0 Å². The molecule has 3 rings (SSSR count). The third kappa shape index (κ3) is 4.31. The van der Waals surface area contributed by atoms with Crippen LogP contribution in [0.2, 0.25) is 0 Å². The van der Waals surface area contributed by atoms with E-state index in [1.165, 1.54) is 0 Å². The SMILES string of the molecule is COc1ccc2nc(C(=O)NCC(C(C)C)N3CCOCC3)ccc2c1. The van der Waals surface area contributed by atoms with E-state index >= 15 is 0 Å². The summed E-state index contributed by atoms with van der Waals surface area (Å²) < 4.78 is 10.7. The Kier molecular flexibility index (Phi) is 6.06. The van der Waals surface area contributed by atoms with Crippen molar-refractivity contribution in [2.24, 2.45) is 5.92 Å². The number of aromatic nitrogens is 1. The van der Waals surface area contributed by atoms with Gasteiger partial charge in [0.25, 0.3) is 5.91 Å². The summed E-state index contributed by atoms with van der Waals surface area (Å²) in [6, 6.07) is 9.60. The summed E-state index contributed by atoms with van der Waals surface area (Å²) >= 11 is 0. The summed E-state index contributed by atoms with van der Waals surface area (Å²) in [5, 5.41) is 4.01. The van der Waals surface area contributed by atoms with Gasteiger partial charge in [-0.2, -0.15) is 0 Å². The van der Waals surface area contributed by atoms with Gasteiger partial charge in [-0.3, -0.25) is 9.69 Å². The molecule has 1 saturated heterocycles. The molecule has 0 aliphatic carbocycles. The van der Waals surface area contributed by atoms with E-state index in [1.54, 1.807) is 13.2 Å². The molecule has 1 aromatic carbocycles. The first-order chi connectivity index (χ1) is 12.6. The molecular formula is C20H27N3O3. The second kappa shape index (κ2) is 8.47. The molecule has 0 spiro atoms. The molecule has 1 unspecified atom stereocenters. The molecule has 140 valence electrons. The molecule has 6 heteroatoms. The number of carbonyl (C=O) groups excluding carboxylic acids is 1. The van der Waals surface area contributed by atoms with Crippen LogP contribution in [0.15, 0.2) is 30.3 Å². The quantitative estimate of drug-likeness (QED) is 0.860. The number of nitrogens with one attached hydrogen (secondary N) is 1. The Bertz CT molecular complexity index is 757. The van der Waals surface area contributed by atoms with E-state index in [1.807, 2.05) is 24.3 Å². The van der Waals surface area contributed by atoms with Gasteiger partial charge >= 0.3 is 0 Å². The van der Waals surface area contributed by atoms with Gasteiger partial charge < -0.3 is 14.8 Å². The Balaban J connectivity index is 1.67. The van der Waals surface area contributed by atoms with Crippen LogP contribution in [-0.4, -0.2) is 61.8 Å². The van der Waals surface area contributed by atoms with Gasteiger partial charge in [-0.25, -0.2) is 4.98 Å². The standard InChI is InChI=1S/C20H27N3O3/c1-14(2)19(23-8-10-26-11-9-23)13-21-20(24)18-6-4-15-12-16(25-3)5-7-17(15)22-18/h4-7,12,14,19H,8-11,13H2,1-3H3,(H,21,24). The monoisotopic (exact) mass is 357 g/mol. The van der Waals surface area contributed by atoms with Crippen molar-refractivity contribution in [2.45, 2.75) is 19.9 Å². The van der Waals surface area contributed by atoms with Crippen molar-refractivity contribution in [1.82, 2.24) is 15.2 Å². The van der Waals surface area contributed by atoms with E-state index in [2.05, 4.69) is 29.0 Å². The summed E-state index contributed by atoms with van der Waals surface area (Å²) in [6.45, 7) is 8.32. The largest absolute Gasteiger partial charge is 0.497 e. The predicted molar refractivity (Wildman–Crippen MR) is 102 cm³/mol. The van der Waals surface area contributed by atoms with E-state index in [9.17, 15) is 4.79 Å². The van der Waals surface area contributed by atoms with Gasteiger partial charge in [-0.15, -0.1) is 0 Å². The zero-order valence-corrected chi connectivity index (χ0v) is 15.7. The van der Waals surface area contributed by atoms with Crippen molar-refractivity contribution in [3.05, 3.63) is 36.0 Å². The maximum absolute atomic E-state index is 12.6. The van der Waals surface area contributed by atoms with E-state index in [0.717, 1.165) is 43.0 Å². The molecule has 6 nitrogen and oxygen atoms in total. The number of pyridine rings is 1. The number of carbonyl (C=O) groups is 1. The topological polar surface area (TPSA) is 63.7 Å². The Morgan fingerprint density at radius 2 is 2.04 bits per heavy atom. The summed E-state index contributed by atoms with van der Waals surface area (Å²) in [5.74, 6) is 1.09. The van der Waals surface area contributed by atoms with Gasteiger partial charge in [0.2, 0.25) is 0 Å². The zero-order chi connectivity index (χ0) is 18.5. The van der Waals surface area contributed by atoms with Crippen LogP contribution in [0.3, 0.4) is 0 Å². The first-order valence-electron chi connectivity index (χ1n) is 9.13. The second-order valence-electron chi connectivity index (χ2n) is 6.92. The third-order valence-corrected chi connectivity index (χ3v) is 4.88. The molecule has 0 saturated carbocycles. The lowest BCUT2D eigenvalue weighted by Crippen LogP contribution is -2.51. The lowest BCUT2D eigenvalue weighted by molar-refractivity contribution is 0.00671. The summed E-state index contributed by atoms with van der Waals surface area (Å²) in [5.41, 5.74) is 1.22. The minimum absolute atomic E-state index is 0.137. The molecule has 1 N–H and O–H groups in total. The number of methoxy groups -OCH3 is 1. The van der Waals surface area contributed by atoms with Crippen molar-refractivity contribution in [2.75, 3.05) is 40.0 Å². The molecule has 1 fully saturated rings. The smallest absolute Gasteiger partial charge is 0.269 e. The number of nitrogens with zero attached hydrogens (tertiary/aromatic N) is 2. The van der Waals surface area contributed by atoms with Gasteiger partial charge in [0.1, 0.15) is 11.4 Å². The molecule has 1 atom stereocenters. The minimum atomic E-state index is -0.137. The molecular weight excluding hydrogens is 330 g/mol. The first-order valence-corrected chi connectivity index (χ1v) is 9.13. The maximum atomic E-state index is 12.6. The van der Waals surface area contributed by atoms with Gasteiger partial charge in [0.15, 0.2) is 0 Å². The zero-order valence-electron chi connectivity index (χ0n) is 15.7. The maximum Gasteiger partial charge on any atom is 0.269 e. The summed E-state index contributed by atoms with van der Waals surface area (Å²) in [4.78, 5) is 19.5. The fourth-order valence-corrected chi connectivity index (χ4v) is 3.34. The number of amides is 1. The average Bonchev–Trinajstić information content (AvgIpc) is 2.67. The van der Waals surface area contributed by atoms with Crippen LogP contribution >= 0.6 is 0 Å². The summed E-state index contributed by atoms with van der Waals surface area (Å²) in [7, 11) is 1.63. The van der Waals surface area contributed by atoms with Crippen molar-refractivity contribution in [3.8, 4) is 5.75 Å². The van der Waals surface area contributed by atoms with Gasteiger partial charge in [-0.05, 0) is 30.2 Å². The molecule has 1 aliphatic rings. The lowest BCUT2D eigenvalue weighted by atomic mass is 10.0. The van der Waals surface area contributed by atoms with Gasteiger partial charge in [0, 0.05) is 31.1 Å². The molecule has 1 aliphatic heterocycles. The van der Waals surface area contributed by atoms with Crippen molar-refractivity contribution < 1.29 is 14.3 Å². The Hall–Kier alpha value is -2.18. The highest BCUT2D eigenvalue weighted by Gasteiger charge is 2.24. The first kappa shape index (κ1) is 18.6. The number of rotatable bonds is 6. The highest BCUT2D eigenvalue weighted by molar-refractivity contribution is 5.95. The average molecular weight is 357 g/mol. The molecule has 1 amide bonds. The van der Waals surface area contributed by atoms with Crippen LogP contribution < -0.4 is 10.1 Å². The van der Waals surface area contributed by atoms with Crippen molar-refractivity contribution in [1.29, 1.82) is 0 Å². The number of fused-ring (bicyclic) bond motifs is 1. The molecule has 0 bridgehead atoms. The Morgan fingerprint density at radius 3 is 2.73 bits per heavy atom. The second-order valence-corrected chi connectivity index (χ2v) is 6.92. The van der Waals surface area contributed by atoms with Gasteiger partial charge in [0.05, 0.1) is 25.8 Å². The van der Waals surface area contributed by atoms with Crippen LogP contribution in [0.25, 0.3) is 10.9 Å². The van der Waals surface area contributed by atoms with Crippen molar-refractivity contribution >= 4 is 16.8 Å². The van der Waals surface area contributed by atoms with Gasteiger partial charge in [-0.1, -0.05) is 19.9 Å². The Morgan fingerprint density at radius 1 is 1.27 bits per heavy atom. The van der Waals surface area contributed by atoms with Crippen LogP contribution in [-0.2, 0) is 4.74 Å². The predicted octanol–water partition coefficient (Wildman–Crippen LogP) is 2.33. The molecule has 0 radical (unpaired) electrons. The van der Waals surface area contributed by atoms with Crippen LogP contribution in [0.4, 0.5) is 0 Å². The highest BCUT2D eigenvalue weighted by atomic mass is 16.5. The molecule has 26 heavy (non-hydrogen) atoms. The number of benzene rings is 1. The van der Waals surface area contributed by atoms with Crippen LogP contribution in [0.5, 0.6) is 5.75 Å². The molecule has 1 aromatic heterocycles. The van der Waals surface area contributed by atoms with Crippen LogP contribution in [0, 0.1) is 5.92 Å². The number of ether oxygens (including phenoxy) is 2. The minimum Gasteiger partial charge on any atom is -0.497 e. The number of morpholine rings is 1. The fraction of sp³-hybridized carbons (Fsp3) is 0.500. The fourth-order valence-electron chi connectivity index (χ4n) is 3.34. The Labute approximate surface area is 154 Å². The third-order valence-electron chi connectivity index (χ3n) is 4.88. The van der Waals surface area contributed by atoms with E-state index in [-0.39, 0.29) is 5.91 Å². The number of hydrogen-bond donors (Lipinski definition) is 1. The molecule has 2 heterocycles. The van der Waals surface area contributed by atoms with Crippen LogP contribution in [0.1, 0.15) is 24.3 Å². The molecule has 2 aromatic rings. The highest BCUT2D eigenvalue weighted by Crippen LogP contribution is 2.19. The normalized spacial score (nSPS) is 16.6. The number of hydrogen-bond acceptors (Lipinski definition) is 5. The van der Waals surface area contributed by atoms with E-state index in [0.29, 0.717) is 24.2 Å².